The molecule has 0 unspecified atom stereocenters. The van der Waals surface area contributed by atoms with E-state index >= 15 is 0 Å². The molecule has 150 valence electrons. The number of rotatable bonds is 3. The summed E-state index contributed by atoms with van der Waals surface area (Å²) in [4.78, 5) is 29.6. The van der Waals surface area contributed by atoms with Gasteiger partial charge in [-0.05, 0) is 50.2 Å². The molecule has 1 atom stereocenters. The van der Waals surface area contributed by atoms with Crippen molar-refractivity contribution in [1.82, 2.24) is 10.2 Å². The van der Waals surface area contributed by atoms with Gasteiger partial charge >= 0.3 is 0 Å². The molecule has 3 saturated carbocycles. The highest BCUT2D eigenvalue weighted by atomic mass is 16.2. The standard InChI is InChI=1S/C24H32N2O2/c27-22(25-17-9-1-2-10-17)21-19-13-5-6-14-20(19)23(28)26(18-11-3-4-12-18)24(21)15-7-8-16-24/h5-6,13-14,17-18,21H,1-4,7-12,15-16H2,(H,25,27)/t21-/m1/s1. The van der Waals surface area contributed by atoms with E-state index in [1.807, 2.05) is 24.3 Å². The van der Waals surface area contributed by atoms with Gasteiger partial charge < -0.3 is 10.2 Å². The molecule has 0 radical (unpaired) electrons. The predicted octanol–water partition coefficient (Wildman–Crippen LogP) is 4.54. The van der Waals surface area contributed by atoms with Crippen LogP contribution in [0.5, 0.6) is 0 Å². The van der Waals surface area contributed by atoms with Crippen LogP contribution in [0.1, 0.15) is 98.9 Å². The third kappa shape index (κ3) is 2.79. The molecule has 2 amide bonds. The van der Waals surface area contributed by atoms with E-state index in [1.54, 1.807) is 0 Å². The maximum atomic E-state index is 13.7. The first-order valence-electron chi connectivity index (χ1n) is 11.4. The number of nitrogens with one attached hydrogen (secondary N) is 1. The minimum Gasteiger partial charge on any atom is -0.353 e. The minimum absolute atomic E-state index is 0.164. The Kier molecular flexibility index (Phi) is 4.68. The summed E-state index contributed by atoms with van der Waals surface area (Å²) in [5.41, 5.74) is 1.42. The Hall–Kier alpha value is -1.84. The largest absolute Gasteiger partial charge is 0.353 e. The van der Waals surface area contributed by atoms with E-state index in [9.17, 15) is 9.59 Å². The van der Waals surface area contributed by atoms with Gasteiger partial charge in [0.15, 0.2) is 0 Å². The number of benzene rings is 1. The van der Waals surface area contributed by atoms with Crippen molar-refractivity contribution >= 4 is 11.8 Å². The van der Waals surface area contributed by atoms with Crippen molar-refractivity contribution in [3.05, 3.63) is 35.4 Å². The molecule has 1 aliphatic heterocycles. The number of carbonyl (C=O) groups is 2. The van der Waals surface area contributed by atoms with Crippen LogP contribution in [0.25, 0.3) is 0 Å². The summed E-state index contributed by atoms with van der Waals surface area (Å²) in [7, 11) is 0. The monoisotopic (exact) mass is 380 g/mol. The summed E-state index contributed by atoms with van der Waals surface area (Å²) in [5.74, 6) is 0.121. The highest BCUT2D eigenvalue weighted by molar-refractivity contribution is 6.02. The highest BCUT2D eigenvalue weighted by Crippen LogP contribution is 2.52. The van der Waals surface area contributed by atoms with E-state index in [4.69, 9.17) is 0 Å². The third-order valence-corrected chi connectivity index (χ3v) is 7.86. The van der Waals surface area contributed by atoms with Crippen molar-refractivity contribution in [1.29, 1.82) is 0 Å². The molecule has 3 fully saturated rings. The second-order valence-electron chi connectivity index (χ2n) is 9.43. The summed E-state index contributed by atoms with van der Waals surface area (Å²) >= 11 is 0. The van der Waals surface area contributed by atoms with Gasteiger partial charge in [0, 0.05) is 17.6 Å². The zero-order valence-corrected chi connectivity index (χ0v) is 16.8. The molecular formula is C24H32N2O2. The number of nitrogens with zero attached hydrogens (tertiary/aromatic N) is 1. The number of hydrogen-bond acceptors (Lipinski definition) is 2. The fourth-order valence-corrected chi connectivity index (χ4v) is 6.65. The lowest BCUT2D eigenvalue weighted by Gasteiger charge is -2.52. The summed E-state index contributed by atoms with van der Waals surface area (Å²) in [6.45, 7) is 0. The molecule has 3 aliphatic carbocycles. The van der Waals surface area contributed by atoms with Crippen molar-refractivity contribution in [3.63, 3.8) is 0 Å². The van der Waals surface area contributed by atoms with Crippen LogP contribution in [0.3, 0.4) is 0 Å². The second-order valence-corrected chi connectivity index (χ2v) is 9.43. The number of fused-ring (bicyclic) bond motifs is 1. The molecule has 1 spiro atoms. The topological polar surface area (TPSA) is 49.4 Å². The molecule has 4 nitrogen and oxygen atoms in total. The third-order valence-electron chi connectivity index (χ3n) is 7.86. The van der Waals surface area contributed by atoms with Crippen LogP contribution in [0.2, 0.25) is 0 Å². The van der Waals surface area contributed by atoms with Crippen molar-refractivity contribution in [2.45, 2.75) is 101 Å². The average molecular weight is 381 g/mol. The van der Waals surface area contributed by atoms with Gasteiger partial charge in [-0.1, -0.05) is 56.7 Å². The van der Waals surface area contributed by atoms with Gasteiger partial charge in [0.25, 0.3) is 5.91 Å². The minimum atomic E-state index is -0.316. The normalized spacial score (nSPS) is 27.5. The van der Waals surface area contributed by atoms with Crippen LogP contribution < -0.4 is 5.32 Å². The first kappa shape index (κ1) is 18.2. The van der Waals surface area contributed by atoms with Crippen LogP contribution in [0.15, 0.2) is 24.3 Å². The molecule has 5 rings (SSSR count). The Morgan fingerprint density at radius 3 is 2.29 bits per heavy atom. The van der Waals surface area contributed by atoms with Gasteiger partial charge in [-0.3, -0.25) is 9.59 Å². The summed E-state index contributed by atoms with van der Waals surface area (Å²) in [6.07, 6.45) is 13.4. The molecule has 4 aliphatic rings. The average Bonchev–Trinajstić information content (AvgIpc) is 3.46. The smallest absolute Gasteiger partial charge is 0.254 e. The Morgan fingerprint density at radius 2 is 1.57 bits per heavy atom. The van der Waals surface area contributed by atoms with Gasteiger partial charge in [0.1, 0.15) is 0 Å². The molecule has 1 heterocycles. The van der Waals surface area contributed by atoms with Crippen molar-refractivity contribution < 1.29 is 9.59 Å². The van der Waals surface area contributed by atoms with E-state index in [0.29, 0.717) is 12.1 Å². The zero-order valence-electron chi connectivity index (χ0n) is 16.8. The first-order valence-corrected chi connectivity index (χ1v) is 11.4. The molecule has 1 aromatic rings. The molecule has 1 aromatic carbocycles. The summed E-state index contributed by atoms with van der Waals surface area (Å²) in [5, 5.41) is 3.39. The van der Waals surface area contributed by atoms with Crippen molar-refractivity contribution in [2.75, 3.05) is 0 Å². The maximum Gasteiger partial charge on any atom is 0.254 e. The van der Waals surface area contributed by atoms with Crippen LogP contribution in [0, 0.1) is 0 Å². The summed E-state index contributed by atoms with van der Waals surface area (Å²) in [6, 6.07) is 8.55. The van der Waals surface area contributed by atoms with Crippen molar-refractivity contribution in [2.24, 2.45) is 0 Å². The van der Waals surface area contributed by atoms with Crippen LogP contribution in [-0.4, -0.2) is 34.3 Å². The van der Waals surface area contributed by atoms with Crippen LogP contribution in [0.4, 0.5) is 0 Å². The lowest BCUT2D eigenvalue weighted by atomic mass is 9.70. The van der Waals surface area contributed by atoms with Gasteiger partial charge in [-0.25, -0.2) is 0 Å². The van der Waals surface area contributed by atoms with E-state index in [1.165, 1.54) is 25.7 Å². The number of hydrogen-bond donors (Lipinski definition) is 1. The lowest BCUT2D eigenvalue weighted by Crippen LogP contribution is -2.63. The first-order chi connectivity index (χ1) is 13.7. The molecule has 4 heteroatoms. The van der Waals surface area contributed by atoms with Gasteiger partial charge in [0.2, 0.25) is 5.91 Å². The molecule has 0 aromatic heterocycles. The fourth-order valence-electron chi connectivity index (χ4n) is 6.65. The highest BCUT2D eigenvalue weighted by Gasteiger charge is 2.57. The fraction of sp³-hybridized carbons (Fsp3) is 0.667. The molecular weight excluding hydrogens is 348 g/mol. The van der Waals surface area contributed by atoms with Gasteiger partial charge in [-0.2, -0.15) is 0 Å². The molecule has 0 bridgehead atoms. The van der Waals surface area contributed by atoms with E-state index in [-0.39, 0.29) is 23.3 Å². The van der Waals surface area contributed by atoms with E-state index in [2.05, 4.69) is 10.2 Å². The quantitative estimate of drug-likeness (QED) is 0.837. The maximum absolute atomic E-state index is 13.7. The van der Waals surface area contributed by atoms with E-state index in [0.717, 1.165) is 62.5 Å². The second kappa shape index (κ2) is 7.20. The summed E-state index contributed by atoms with van der Waals surface area (Å²) < 4.78 is 0. The Balaban J connectivity index is 1.59. The zero-order chi connectivity index (χ0) is 19.1. The Morgan fingerprint density at radius 1 is 0.929 bits per heavy atom. The number of carbonyl (C=O) groups excluding carboxylic acids is 2. The van der Waals surface area contributed by atoms with Crippen molar-refractivity contribution in [3.8, 4) is 0 Å². The molecule has 0 saturated heterocycles. The molecule has 1 N–H and O–H groups in total. The molecule has 28 heavy (non-hydrogen) atoms. The lowest BCUT2D eigenvalue weighted by molar-refractivity contribution is -0.127. The Bertz CT molecular complexity index is 756. The van der Waals surface area contributed by atoms with Crippen LogP contribution >= 0.6 is 0 Å². The number of amides is 2. The SMILES string of the molecule is O=C(NC1CCCC1)[C@H]1c2ccccc2C(=O)N(C2CCCC2)C12CCCC2. The van der Waals surface area contributed by atoms with Gasteiger partial charge in [0.05, 0.1) is 11.5 Å². The van der Waals surface area contributed by atoms with Gasteiger partial charge in [-0.15, -0.1) is 0 Å². The predicted molar refractivity (Wildman–Crippen MR) is 109 cm³/mol. The van der Waals surface area contributed by atoms with Crippen LogP contribution in [-0.2, 0) is 4.79 Å². The Labute approximate surface area is 168 Å². The van der Waals surface area contributed by atoms with E-state index < -0.39 is 0 Å².